The summed E-state index contributed by atoms with van der Waals surface area (Å²) in [6.07, 6.45) is 3.66. The lowest BCUT2D eigenvalue weighted by molar-refractivity contribution is 0.457. The van der Waals surface area contributed by atoms with Crippen LogP contribution in [0, 0.1) is 0 Å². The zero-order chi connectivity index (χ0) is 14.3. The second kappa shape index (κ2) is 4.78. The third-order valence-corrected chi connectivity index (χ3v) is 3.61. The van der Waals surface area contributed by atoms with Gasteiger partial charge in [0.1, 0.15) is 5.82 Å². The van der Waals surface area contributed by atoms with Crippen LogP contribution < -0.4 is 0 Å². The third-order valence-electron chi connectivity index (χ3n) is 3.61. The van der Waals surface area contributed by atoms with Crippen molar-refractivity contribution in [1.29, 1.82) is 0 Å². The molecule has 20 heavy (non-hydrogen) atoms. The Hall–Kier alpha value is -2.10. The van der Waals surface area contributed by atoms with E-state index in [1.807, 2.05) is 6.20 Å². The van der Waals surface area contributed by atoms with E-state index in [2.05, 4.69) is 55.0 Å². The minimum absolute atomic E-state index is 0. The van der Waals surface area contributed by atoms with Gasteiger partial charge in [-0.2, -0.15) is 0 Å². The Morgan fingerprint density at radius 3 is 2.55 bits per heavy atom. The molecule has 0 saturated heterocycles. The minimum Gasteiger partial charge on any atom is -0.356 e. The van der Waals surface area contributed by atoms with E-state index in [4.69, 9.17) is 4.52 Å². The average Bonchev–Trinajstić information content (AvgIpc) is 3.06. The van der Waals surface area contributed by atoms with Crippen LogP contribution in [-0.4, -0.2) is 15.1 Å². The number of hydrogen-bond acceptors (Lipinski definition) is 3. The van der Waals surface area contributed by atoms with Gasteiger partial charge in [-0.15, -0.1) is 0 Å². The maximum absolute atomic E-state index is 5.47. The first-order valence-electron chi connectivity index (χ1n) is 7.00. The van der Waals surface area contributed by atoms with Gasteiger partial charge in [-0.3, -0.25) is 0 Å². The number of H-pyrrole nitrogens is 1. The average molecular weight is 271 g/mol. The number of aromatic amines is 1. The molecule has 4 heteroatoms. The lowest BCUT2D eigenvalue weighted by Crippen LogP contribution is -1.91. The normalized spacial score (nSPS) is 11.9. The molecule has 0 bridgehead atoms. The molecule has 2 heterocycles. The van der Waals surface area contributed by atoms with Crippen LogP contribution in [0.5, 0.6) is 0 Å². The highest BCUT2D eigenvalue weighted by atomic mass is 16.5. The van der Waals surface area contributed by atoms with Gasteiger partial charge >= 0.3 is 0 Å². The summed E-state index contributed by atoms with van der Waals surface area (Å²) in [5, 5.41) is 5.04. The number of rotatable bonds is 3. The van der Waals surface area contributed by atoms with Gasteiger partial charge in [-0.1, -0.05) is 38.9 Å². The molecule has 4 nitrogen and oxygen atoms in total. The molecule has 1 aromatic carbocycles. The van der Waals surface area contributed by atoms with Crippen LogP contribution >= 0.6 is 0 Å². The molecule has 2 aromatic heterocycles. The molecular weight excluding hydrogens is 250 g/mol. The number of hydrogen-bond donors (Lipinski definition) is 1. The predicted octanol–water partition coefficient (Wildman–Crippen LogP) is 4.71. The van der Waals surface area contributed by atoms with Crippen molar-refractivity contribution in [2.24, 2.45) is 0 Å². The second-order valence-electron chi connectivity index (χ2n) is 5.76. The number of benzene rings is 1. The molecule has 0 spiro atoms. The van der Waals surface area contributed by atoms with Gasteiger partial charge in [-0.25, -0.2) is 4.98 Å². The fraction of sp³-hybridized carbons (Fsp3) is 0.375. The summed E-state index contributed by atoms with van der Waals surface area (Å²) in [6.45, 7) is 8.59. The number of imidazole rings is 1. The number of fused-ring (bicyclic) bond motifs is 1. The first-order valence-corrected chi connectivity index (χ1v) is 7.00. The van der Waals surface area contributed by atoms with E-state index in [-0.39, 0.29) is 1.43 Å². The molecule has 0 aliphatic heterocycles. The molecule has 0 radical (unpaired) electrons. The largest absolute Gasteiger partial charge is 0.356 e. The zero-order valence-electron chi connectivity index (χ0n) is 12.3. The fourth-order valence-electron chi connectivity index (χ4n) is 2.46. The fourth-order valence-corrected chi connectivity index (χ4v) is 2.46. The molecule has 0 unspecified atom stereocenters. The van der Waals surface area contributed by atoms with Crippen LogP contribution in [0.4, 0.5) is 0 Å². The van der Waals surface area contributed by atoms with Crippen molar-refractivity contribution in [2.45, 2.75) is 39.5 Å². The Morgan fingerprint density at radius 2 is 1.90 bits per heavy atom. The number of aromatic nitrogens is 3. The van der Waals surface area contributed by atoms with Crippen molar-refractivity contribution in [2.75, 3.05) is 0 Å². The maximum Gasteiger partial charge on any atom is 0.176 e. The summed E-state index contributed by atoms with van der Waals surface area (Å²) >= 11 is 0. The summed E-state index contributed by atoms with van der Waals surface area (Å²) in [6, 6.07) is 4.23. The molecule has 0 saturated carbocycles. The van der Waals surface area contributed by atoms with Gasteiger partial charge < -0.3 is 9.51 Å². The highest BCUT2D eigenvalue weighted by Gasteiger charge is 2.15. The molecule has 0 fully saturated rings. The highest BCUT2D eigenvalue weighted by Crippen LogP contribution is 2.33. The van der Waals surface area contributed by atoms with Gasteiger partial charge in [-0.05, 0) is 17.5 Å². The van der Waals surface area contributed by atoms with Crippen LogP contribution in [0.25, 0.3) is 22.2 Å². The summed E-state index contributed by atoms with van der Waals surface area (Å²) in [4.78, 5) is 7.78. The van der Waals surface area contributed by atoms with Gasteiger partial charge in [0.15, 0.2) is 5.58 Å². The van der Waals surface area contributed by atoms with Crippen molar-refractivity contribution >= 4 is 11.0 Å². The summed E-state index contributed by atoms with van der Waals surface area (Å²) in [5.41, 5.74) is 4.08. The molecule has 106 valence electrons. The lowest BCUT2D eigenvalue weighted by Gasteiger charge is -2.08. The Kier molecular flexibility index (Phi) is 3.08. The summed E-state index contributed by atoms with van der Waals surface area (Å²) in [7, 11) is 0. The standard InChI is InChI=1S/C16H19N3O.H2/c1-9(2)11-5-6-12(15-13(11)7-18-20-15)14-8-17-16(19-14)10(3)4;/h5-10H,1-4H3,(H,17,19);1H. The molecule has 1 N–H and O–H groups in total. The van der Waals surface area contributed by atoms with Crippen LogP contribution in [0.15, 0.2) is 29.0 Å². The van der Waals surface area contributed by atoms with Crippen molar-refractivity contribution in [3.8, 4) is 11.3 Å². The number of nitrogens with zero attached hydrogens (tertiary/aromatic N) is 2. The van der Waals surface area contributed by atoms with Gasteiger partial charge in [0, 0.05) is 18.3 Å². The molecule has 0 aliphatic rings. The molecule has 3 aromatic rings. The predicted molar refractivity (Wildman–Crippen MR) is 81.9 cm³/mol. The first-order chi connectivity index (χ1) is 9.58. The third kappa shape index (κ3) is 2.01. The van der Waals surface area contributed by atoms with E-state index < -0.39 is 0 Å². The Labute approximate surface area is 119 Å². The van der Waals surface area contributed by atoms with Crippen molar-refractivity contribution in [3.05, 3.63) is 35.9 Å². The van der Waals surface area contributed by atoms with Crippen LogP contribution in [-0.2, 0) is 0 Å². The van der Waals surface area contributed by atoms with Gasteiger partial charge in [0.25, 0.3) is 0 Å². The summed E-state index contributed by atoms with van der Waals surface area (Å²) < 4.78 is 5.47. The zero-order valence-corrected chi connectivity index (χ0v) is 12.3. The smallest absolute Gasteiger partial charge is 0.176 e. The van der Waals surface area contributed by atoms with E-state index in [9.17, 15) is 0 Å². The highest BCUT2D eigenvalue weighted by molar-refractivity contribution is 5.93. The van der Waals surface area contributed by atoms with E-state index in [0.29, 0.717) is 11.8 Å². The molecule has 0 amide bonds. The summed E-state index contributed by atoms with van der Waals surface area (Å²) in [5.74, 6) is 1.81. The topological polar surface area (TPSA) is 54.7 Å². The van der Waals surface area contributed by atoms with E-state index in [1.54, 1.807) is 6.20 Å². The number of nitrogens with one attached hydrogen (secondary N) is 1. The SMILES string of the molecule is CC(C)c1ncc(-c2ccc(C(C)C)c3cnoc23)[nH]1.[HH]. The molecular formula is C16H21N3O. The minimum atomic E-state index is 0. The molecule has 0 aliphatic carbocycles. The first kappa shape index (κ1) is 12.9. The second-order valence-corrected chi connectivity index (χ2v) is 5.76. The Morgan fingerprint density at radius 1 is 1.10 bits per heavy atom. The molecule has 0 atom stereocenters. The monoisotopic (exact) mass is 271 g/mol. The van der Waals surface area contributed by atoms with Crippen LogP contribution in [0.1, 0.15) is 52.3 Å². The van der Waals surface area contributed by atoms with E-state index >= 15 is 0 Å². The lowest BCUT2D eigenvalue weighted by atomic mass is 9.97. The van der Waals surface area contributed by atoms with E-state index in [1.165, 1.54) is 5.56 Å². The molecule has 3 rings (SSSR count). The quantitative estimate of drug-likeness (QED) is 0.750. The van der Waals surface area contributed by atoms with E-state index in [0.717, 1.165) is 28.1 Å². The van der Waals surface area contributed by atoms with Crippen molar-refractivity contribution < 1.29 is 5.95 Å². The van der Waals surface area contributed by atoms with Crippen LogP contribution in [0.3, 0.4) is 0 Å². The maximum atomic E-state index is 5.47. The van der Waals surface area contributed by atoms with Crippen molar-refractivity contribution in [1.82, 2.24) is 15.1 Å². The van der Waals surface area contributed by atoms with Crippen LogP contribution in [0.2, 0.25) is 0 Å². The Bertz CT molecular complexity index is 743. The van der Waals surface area contributed by atoms with Gasteiger partial charge in [0.2, 0.25) is 0 Å². The van der Waals surface area contributed by atoms with Gasteiger partial charge in [0.05, 0.1) is 18.1 Å². The Balaban J connectivity index is 0.00000161. The van der Waals surface area contributed by atoms with Crippen molar-refractivity contribution in [3.63, 3.8) is 0 Å².